The highest BCUT2D eigenvalue weighted by Crippen LogP contribution is 2.23. The summed E-state index contributed by atoms with van der Waals surface area (Å²) in [6.07, 6.45) is 3.95. The molecule has 2 saturated heterocycles. The zero-order valence-corrected chi connectivity index (χ0v) is 33.4. The van der Waals surface area contributed by atoms with Gasteiger partial charge < -0.3 is 39.5 Å². The number of carbonyl (C=O) groups excluding carboxylic acids is 4. The van der Waals surface area contributed by atoms with Crippen LogP contribution in [-0.4, -0.2) is 121 Å². The van der Waals surface area contributed by atoms with Gasteiger partial charge in [0, 0.05) is 75.9 Å². The van der Waals surface area contributed by atoms with Crippen LogP contribution in [0.4, 0.5) is 15.0 Å². The molecule has 0 spiro atoms. The molecular formula is C41H49FN8O8. The minimum Gasteiger partial charge on any atom is -0.456 e. The number of aromatic nitrogens is 3. The molecule has 4 amide bonds. The van der Waals surface area contributed by atoms with Crippen LogP contribution < -0.4 is 21.2 Å². The lowest BCUT2D eigenvalue weighted by atomic mass is 10.1. The van der Waals surface area contributed by atoms with Gasteiger partial charge in [-0.25, -0.2) is 14.2 Å². The number of amides is 4. The van der Waals surface area contributed by atoms with Crippen molar-refractivity contribution in [3.63, 3.8) is 0 Å². The van der Waals surface area contributed by atoms with E-state index in [1.807, 2.05) is 46.4 Å². The Bertz CT molecular complexity index is 2150. The molecule has 58 heavy (non-hydrogen) atoms. The predicted octanol–water partition coefficient (Wildman–Crippen LogP) is 4.33. The Morgan fingerprint density at radius 1 is 0.776 bits per heavy atom. The molecule has 308 valence electrons. The summed E-state index contributed by atoms with van der Waals surface area (Å²) in [6.45, 7) is 13.9. The molecule has 3 aromatic heterocycles. The molecule has 1 aromatic carbocycles. The van der Waals surface area contributed by atoms with Crippen LogP contribution in [0.5, 0.6) is 11.5 Å². The highest BCUT2D eigenvalue weighted by Gasteiger charge is 2.34. The maximum atomic E-state index is 13.0. The van der Waals surface area contributed by atoms with Crippen molar-refractivity contribution in [3.05, 3.63) is 117 Å². The van der Waals surface area contributed by atoms with Crippen LogP contribution in [0.1, 0.15) is 62.3 Å². The molecule has 0 saturated carbocycles. The Morgan fingerprint density at radius 2 is 1.33 bits per heavy atom. The van der Waals surface area contributed by atoms with E-state index in [0.29, 0.717) is 67.7 Å². The summed E-state index contributed by atoms with van der Waals surface area (Å²) in [6, 6.07) is 13.9. The molecule has 5 heterocycles. The zero-order valence-electron chi connectivity index (χ0n) is 33.4. The van der Waals surface area contributed by atoms with Crippen LogP contribution >= 0.6 is 0 Å². The van der Waals surface area contributed by atoms with E-state index in [1.165, 1.54) is 67.1 Å². The fraction of sp³-hybridized carbons (Fsp3) is 0.390. The summed E-state index contributed by atoms with van der Waals surface area (Å²) in [7, 11) is 0. The largest absolute Gasteiger partial charge is 0.456 e. The Kier molecular flexibility index (Phi) is 13.8. The molecule has 6 rings (SSSR count). The maximum absolute atomic E-state index is 13.0. The average molecular weight is 801 g/mol. The van der Waals surface area contributed by atoms with E-state index >= 15 is 0 Å². The monoisotopic (exact) mass is 800 g/mol. The van der Waals surface area contributed by atoms with E-state index in [2.05, 4.69) is 20.3 Å². The molecule has 0 radical (unpaired) electrons. The van der Waals surface area contributed by atoms with E-state index in [0.717, 1.165) is 0 Å². The summed E-state index contributed by atoms with van der Waals surface area (Å²) in [5.41, 5.74) is -0.188. The van der Waals surface area contributed by atoms with Crippen LogP contribution in [0.2, 0.25) is 0 Å². The van der Waals surface area contributed by atoms with Gasteiger partial charge >= 0.3 is 6.09 Å². The minimum atomic E-state index is -0.539. The molecule has 4 aromatic rings. The molecular weight excluding hydrogens is 751 g/mol. The van der Waals surface area contributed by atoms with Gasteiger partial charge in [-0.05, 0) is 90.1 Å². The number of aromatic amines is 2. The van der Waals surface area contributed by atoms with E-state index in [9.17, 15) is 33.2 Å². The normalized spacial score (nSPS) is 17.7. The van der Waals surface area contributed by atoms with Crippen LogP contribution in [0.25, 0.3) is 0 Å². The number of pyridine rings is 3. The highest BCUT2D eigenvalue weighted by atomic mass is 19.1. The number of nitrogens with one attached hydrogen (secondary N) is 3. The molecule has 3 N–H and O–H groups in total. The second-order valence-electron chi connectivity index (χ2n) is 15.1. The number of H-pyrrole nitrogens is 2. The van der Waals surface area contributed by atoms with Crippen LogP contribution in [0.15, 0.2) is 88.8 Å². The van der Waals surface area contributed by atoms with Gasteiger partial charge in [0.25, 0.3) is 11.8 Å². The van der Waals surface area contributed by atoms with E-state index in [-0.39, 0.29) is 52.8 Å². The van der Waals surface area contributed by atoms with Crippen LogP contribution in [-0.2, 0) is 9.53 Å². The van der Waals surface area contributed by atoms with Gasteiger partial charge in [-0.3, -0.25) is 28.9 Å². The molecule has 2 aliphatic heterocycles. The van der Waals surface area contributed by atoms with Crippen molar-refractivity contribution in [1.82, 2.24) is 34.6 Å². The van der Waals surface area contributed by atoms with Gasteiger partial charge in [-0.15, -0.1) is 0 Å². The Labute approximate surface area is 335 Å². The highest BCUT2D eigenvalue weighted by molar-refractivity contribution is 5.95. The fourth-order valence-electron chi connectivity index (χ4n) is 6.36. The molecule has 0 bridgehead atoms. The molecule has 16 nitrogen and oxygen atoms in total. The van der Waals surface area contributed by atoms with Gasteiger partial charge in [-0.1, -0.05) is 0 Å². The lowest BCUT2D eigenvalue weighted by Crippen LogP contribution is -2.58. The zero-order chi connectivity index (χ0) is 42.1. The summed E-state index contributed by atoms with van der Waals surface area (Å²) in [4.78, 5) is 88.9. The number of ether oxygens (including phenoxy) is 2. The second kappa shape index (κ2) is 18.7. The number of rotatable bonds is 7. The van der Waals surface area contributed by atoms with E-state index in [4.69, 9.17) is 9.47 Å². The number of piperazine rings is 2. The molecule has 3 atom stereocenters. The molecule has 17 heteroatoms. The fourth-order valence-corrected chi connectivity index (χ4v) is 6.36. The Morgan fingerprint density at radius 3 is 1.81 bits per heavy atom. The van der Waals surface area contributed by atoms with Crippen molar-refractivity contribution >= 4 is 29.6 Å². The predicted molar refractivity (Wildman–Crippen MR) is 213 cm³/mol. The number of anilines is 1. The van der Waals surface area contributed by atoms with Crippen LogP contribution in [0, 0.1) is 5.82 Å². The first-order valence-electron chi connectivity index (χ1n) is 18.9. The van der Waals surface area contributed by atoms with Gasteiger partial charge in [0.05, 0.1) is 23.4 Å². The number of nitrogens with zero attached hydrogens (tertiary/aromatic N) is 5. The minimum absolute atomic E-state index is 0.112. The van der Waals surface area contributed by atoms with Crippen LogP contribution in [0.3, 0.4) is 0 Å². The number of benzene rings is 1. The quantitative estimate of drug-likeness (QED) is 0.243. The van der Waals surface area contributed by atoms with Crippen molar-refractivity contribution in [3.8, 4) is 11.5 Å². The number of carbonyl (C=O) groups is 4. The summed E-state index contributed by atoms with van der Waals surface area (Å²) >= 11 is 0. The molecule has 0 aliphatic carbocycles. The first kappa shape index (κ1) is 42.8. The summed E-state index contributed by atoms with van der Waals surface area (Å²) in [5, 5.41) is 2.81. The summed E-state index contributed by atoms with van der Waals surface area (Å²) < 4.78 is 24.0. The van der Waals surface area contributed by atoms with Crippen molar-refractivity contribution in [2.24, 2.45) is 0 Å². The maximum Gasteiger partial charge on any atom is 0.410 e. The first-order chi connectivity index (χ1) is 27.5. The SMILES string of the molecule is C[C@@H]1CN(C(=O)OC(C)(C)C)CCN1C(=O)c1ccc(=O)[nH]c1.C[C@H](C(=O)Nc1ccc(Oc2ccc(F)cc2)cn1)N1CCN(C(=O)c2ccc(=O)[nH]c2)[C@H](C)C1. The number of hydrogen-bond donors (Lipinski definition) is 3. The standard InChI is InChI=1S/C25H26FN5O4.C16H23N3O4/c1-16-15-30(11-12-31(16)25(34)18-3-10-23(32)28-13-18)17(2)24(33)29-22-9-8-21(14-27-22)35-20-6-4-19(26)5-7-20;1-11-10-18(15(22)23-16(2,3)4)7-8-19(11)14(21)12-5-6-13(20)17-9-12/h3-10,13-14,16-17H,11-12,15H2,1-2H3,(H,28,32)(H,27,29,33);5-6,9,11H,7-8,10H2,1-4H3,(H,17,20)/t16-,17-;11-/m11/s1. The van der Waals surface area contributed by atoms with Gasteiger partial charge in [-0.2, -0.15) is 0 Å². The lowest BCUT2D eigenvalue weighted by Gasteiger charge is -2.41. The second-order valence-corrected chi connectivity index (χ2v) is 15.1. The number of halogens is 1. The third kappa shape index (κ3) is 11.6. The number of hydrogen-bond acceptors (Lipinski definition) is 10. The van der Waals surface area contributed by atoms with Gasteiger partial charge in [0.15, 0.2) is 0 Å². The van der Waals surface area contributed by atoms with E-state index < -0.39 is 11.6 Å². The van der Waals surface area contributed by atoms with E-state index in [1.54, 1.807) is 26.8 Å². The third-order valence-electron chi connectivity index (χ3n) is 9.49. The third-order valence-corrected chi connectivity index (χ3v) is 9.49. The molecule has 2 aliphatic rings. The first-order valence-corrected chi connectivity index (χ1v) is 18.9. The van der Waals surface area contributed by atoms with Gasteiger partial charge in [0.1, 0.15) is 28.7 Å². The van der Waals surface area contributed by atoms with Crippen molar-refractivity contribution in [2.75, 3.05) is 44.6 Å². The smallest absolute Gasteiger partial charge is 0.410 e. The summed E-state index contributed by atoms with van der Waals surface area (Å²) in [5.74, 6) is 0.449. The van der Waals surface area contributed by atoms with Crippen molar-refractivity contribution < 1.29 is 33.0 Å². The topological polar surface area (TPSA) is 190 Å². The lowest BCUT2D eigenvalue weighted by molar-refractivity contribution is -0.121. The van der Waals surface area contributed by atoms with Crippen molar-refractivity contribution in [1.29, 1.82) is 0 Å². The average Bonchev–Trinajstić information content (AvgIpc) is 3.19. The molecule has 0 unspecified atom stereocenters. The Balaban J connectivity index is 0.000000242. The van der Waals surface area contributed by atoms with Crippen molar-refractivity contribution in [2.45, 2.75) is 65.3 Å². The molecule has 2 fully saturated rings. The van der Waals surface area contributed by atoms with Gasteiger partial charge in [0.2, 0.25) is 17.0 Å². The Hall–Kier alpha value is -6.36.